The molecule has 0 N–H and O–H groups in total. The third-order valence-corrected chi connectivity index (χ3v) is 3.38. The summed E-state index contributed by atoms with van der Waals surface area (Å²) in [5, 5.41) is 4.12. The van der Waals surface area contributed by atoms with E-state index in [1.54, 1.807) is 12.1 Å². The summed E-state index contributed by atoms with van der Waals surface area (Å²) in [5.74, 6) is -1.02. The molecule has 0 saturated carbocycles. The van der Waals surface area contributed by atoms with Crippen LogP contribution in [0.4, 0.5) is 13.2 Å². The molecule has 0 radical (unpaired) electrons. The van der Waals surface area contributed by atoms with Crippen LogP contribution in [-0.2, 0) is 0 Å². The van der Waals surface area contributed by atoms with Gasteiger partial charge >= 0.3 is 6.36 Å². The first-order valence-corrected chi connectivity index (χ1v) is 7.60. The monoisotopic (exact) mass is 358 g/mol. The van der Waals surface area contributed by atoms with E-state index in [-0.39, 0.29) is 5.56 Å². The maximum Gasteiger partial charge on any atom is 0.573 e. The summed E-state index contributed by atoms with van der Waals surface area (Å²) >= 11 is 0. The summed E-state index contributed by atoms with van der Waals surface area (Å²) in [4.78, 5) is 12.4. The molecule has 1 heterocycles. The molecular formula is C19H13F3N2O2. The number of aromatic nitrogens is 2. The molecule has 3 aromatic rings. The Balaban J connectivity index is 1.76. The maximum atomic E-state index is 12.4. The molecule has 0 amide bonds. The Morgan fingerprint density at radius 1 is 1.00 bits per heavy atom. The van der Waals surface area contributed by atoms with Crippen molar-refractivity contribution in [3.8, 4) is 5.75 Å². The zero-order chi connectivity index (χ0) is 18.6. The van der Waals surface area contributed by atoms with Crippen molar-refractivity contribution in [2.75, 3.05) is 0 Å². The summed E-state index contributed by atoms with van der Waals surface area (Å²) in [6.45, 7) is 0. The molecule has 4 nitrogen and oxygen atoms in total. The predicted molar refractivity (Wildman–Crippen MR) is 90.5 cm³/mol. The average molecular weight is 358 g/mol. The summed E-state index contributed by atoms with van der Waals surface area (Å²) < 4.78 is 41.8. The maximum absolute atomic E-state index is 12.4. The fourth-order valence-electron chi connectivity index (χ4n) is 2.24. The minimum Gasteiger partial charge on any atom is -0.406 e. The second-order valence-electron chi connectivity index (χ2n) is 5.31. The van der Waals surface area contributed by atoms with Crippen molar-refractivity contribution in [2.45, 2.75) is 6.36 Å². The quantitative estimate of drug-likeness (QED) is 0.682. The largest absolute Gasteiger partial charge is 0.573 e. The minimum atomic E-state index is -4.82. The van der Waals surface area contributed by atoms with E-state index in [1.165, 1.54) is 18.3 Å². The van der Waals surface area contributed by atoms with Crippen LogP contribution in [0.5, 0.6) is 5.75 Å². The lowest BCUT2D eigenvalue weighted by Gasteiger charge is -2.09. The van der Waals surface area contributed by atoms with Gasteiger partial charge in [0.15, 0.2) is 0 Å². The molecule has 132 valence electrons. The van der Waals surface area contributed by atoms with E-state index < -0.39 is 18.0 Å². The first-order chi connectivity index (χ1) is 12.4. The van der Waals surface area contributed by atoms with Gasteiger partial charge in [0.1, 0.15) is 5.75 Å². The molecule has 2 aromatic carbocycles. The smallest absolute Gasteiger partial charge is 0.406 e. The first kappa shape index (κ1) is 17.5. The third-order valence-electron chi connectivity index (χ3n) is 3.38. The normalized spacial score (nSPS) is 11.7. The van der Waals surface area contributed by atoms with E-state index in [0.717, 1.165) is 22.4 Å². The lowest BCUT2D eigenvalue weighted by Crippen LogP contribution is -2.18. The SMILES string of the molecule is O=C(c1cccc(OC(F)(F)F)c1)n1ccc(C=Cc2ccccc2)n1. The highest BCUT2D eigenvalue weighted by Gasteiger charge is 2.31. The molecule has 0 unspecified atom stereocenters. The molecule has 0 spiro atoms. The van der Waals surface area contributed by atoms with Crippen molar-refractivity contribution in [3.63, 3.8) is 0 Å². The van der Waals surface area contributed by atoms with Gasteiger partial charge in [-0.25, -0.2) is 4.68 Å². The van der Waals surface area contributed by atoms with Crippen LogP contribution >= 0.6 is 0 Å². The molecule has 0 bridgehead atoms. The van der Waals surface area contributed by atoms with Crippen molar-refractivity contribution < 1.29 is 22.7 Å². The second kappa shape index (κ2) is 7.26. The van der Waals surface area contributed by atoms with Crippen molar-refractivity contribution in [2.24, 2.45) is 0 Å². The number of hydrogen-bond acceptors (Lipinski definition) is 3. The fourth-order valence-corrected chi connectivity index (χ4v) is 2.24. The summed E-state index contributed by atoms with van der Waals surface area (Å²) in [7, 11) is 0. The van der Waals surface area contributed by atoms with Crippen LogP contribution in [0, 0.1) is 0 Å². The van der Waals surface area contributed by atoms with Crippen LogP contribution in [0.1, 0.15) is 21.6 Å². The van der Waals surface area contributed by atoms with Crippen molar-refractivity contribution in [3.05, 3.63) is 83.7 Å². The zero-order valence-electron chi connectivity index (χ0n) is 13.4. The van der Waals surface area contributed by atoms with Crippen molar-refractivity contribution in [1.29, 1.82) is 0 Å². The number of rotatable bonds is 4. The van der Waals surface area contributed by atoms with Gasteiger partial charge in [-0.05, 0) is 35.9 Å². The van der Waals surface area contributed by atoms with E-state index in [9.17, 15) is 18.0 Å². The molecule has 1 aromatic heterocycles. The Kier molecular flexibility index (Phi) is 4.88. The predicted octanol–water partition coefficient (Wildman–Crippen LogP) is 4.64. The second-order valence-corrected chi connectivity index (χ2v) is 5.31. The Morgan fingerprint density at radius 3 is 2.50 bits per heavy atom. The highest BCUT2D eigenvalue weighted by atomic mass is 19.4. The van der Waals surface area contributed by atoms with Gasteiger partial charge in [-0.15, -0.1) is 13.2 Å². The van der Waals surface area contributed by atoms with E-state index >= 15 is 0 Å². The summed E-state index contributed by atoms with van der Waals surface area (Å²) in [6.07, 6.45) is 0.213. The first-order valence-electron chi connectivity index (χ1n) is 7.60. The van der Waals surface area contributed by atoms with Gasteiger partial charge in [0.05, 0.1) is 5.69 Å². The Hall–Kier alpha value is -3.35. The van der Waals surface area contributed by atoms with E-state index in [4.69, 9.17) is 0 Å². The highest BCUT2D eigenvalue weighted by molar-refractivity contribution is 5.95. The number of hydrogen-bond donors (Lipinski definition) is 0. The van der Waals surface area contributed by atoms with Gasteiger partial charge in [0.25, 0.3) is 5.91 Å². The van der Waals surface area contributed by atoms with Gasteiger partial charge in [0, 0.05) is 11.8 Å². The molecule has 0 aliphatic carbocycles. The van der Waals surface area contributed by atoms with Gasteiger partial charge in [-0.3, -0.25) is 4.79 Å². The molecule has 0 atom stereocenters. The molecular weight excluding hydrogens is 345 g/mol. The number of halogens is 3. The van der Waals surface area contributed by atoms with Crippen molar-refractivity contribution in [1.82, 2.24) is 9.78 Å². The number of ether oxygens (including phenoxy) is 1. The summed E-state index contributed by atoms with van der Waals surface area (Å²) in [5.41, 5.74) is 1.56. The zero-order valence-corrected chi connectivity index (χ0v) is 13.4. The van der Waals surface area contributed by atoms with E-state index in [1.807, 2.05) is 36.4 Å². The van der Waals surface area contributed by atoms with Gasteiger partial charge in [0.2, 0.25) is 0 Å². The molecule has 26 heavy (non-hydrogen) atoms. The fraction of sp³-hybridized carbons (Fsp3) is 0.0526. The number of alkyl halides is 3. The van der Waals surface area contributed by atoms with E-state index in [0.29, 0.717) is 5.69 Å². The average Bonchev–Trinajstić information content (AvgIpc) is 3.08. The lowest BCUT2D eigenvalue weighted by molar-refractivity contribution is -0.274. The Bertz CT molecular complexity index is 931. The van der Waals surface area contributed by atoms with Gasteiger partial charge in [-0.2, -0.15) is 5.10 Å². The number of carbonyl (C=O) groups excluding carboxylic acids is 1. The molecule has 0 fully saturated rings. The molecule has 0 aliphatic rings. The van der Waals surface area contributed by atoms with Crippen LogP contribution in [-0.4, -0.2) is 22.1 Å². The van der Waals surface area contributed by atoms with Gasteiger partial charge in [-0.1, -0.05) is 42.5 Å². The minimum absolute atomic E-state index is 0.0356. The molecule has 0 saturated heterocycles. The number of benzene rings is 2. The lowest BCUT2D eigenvalue weighted by atomic mass is 10.2. The molecule has 3 rings (SSSR count). The topological polar surface area (TPSA) is 44.1 Å². The number of carbonyl (C=O) groups is 1. The van der Waals surface area contributed by atoms with Crippen LogP contribution < -0.4 is 4.74 Å². The highest BCUT2D eigenvalue weighted by Crippen LogP contribution is 2.23. The Morgan fingerprint density at radius 2 is 1.77 bits per heavy atom. The van der Waals surface area contributed by atoms with E-state index in [2.05, 4.69) is 9.84 Å². The van der Waals surface area contributed by atoms with Crippen LogP contribution in [0.15, 0.2) is 66.9 Å². The van der Waals surface area contributed by atoms with Crippen molar-refractivity contribution >= 4 is 18.1 Å². The number of nitrogens with zero attached hydrogens (tertiary/aromatic N) is 2. The molecule has 0 aliphatic heterocycles. The summed E-state index contributed by atoms with van der Waals surface area (Å²) in [6, 6.07) is 16.0. The van der Waals surface area contributed by atoms with Gasteiger partial charge < -0.3 is 4.74 Å². The van der Waals surface area contributed by atoms with Crippen LogP contribution in [0.3, 0.4) is 0 Å². The molecule has 7 heteroatoms. The third kappa shape index (κ3) is 4.60. The van der Waals surface area contributed by atoms with Crippen LogP contribution in [0.2, 0.25) is 0 Å². The Labute approximate surface area is 147 Å². The van der Waals surface area contributed by atoms with Crippen LogP contribution in [0.25, 0.3) is 12.2 Å². The standard InChI is InChI=1S/C19H13F3N2O2/c20-19(21,22)26-17-8-4-7-15(13-17)18(25)24-12-11-16(23-24)10-9-14-5-2-1-3-6-14/h1-13H.